The van der Waals surface area contributed by atoms with Crippen molar-refractivity contribution in [3.8, 4) is 21.6 Å². The number of carbonyl (C=O) groups excluding carboxylic acids is 1. The molecule has 5 rings (SSSR count). The van der Waals surface area contributed by atoms with E-state index in [1.54, 1.807) is 12.3 Å². The molecule has 39 heavy (non-hydrogen) atoms. The van der Waals surface area contributed by atoms with Crippen LogP contribution in [-0.4, -0.2) is 29.1 Å². The van der Waals surface area contributed by atoms with Crippen molar-refractivity contribution in [2.24, 2.45) is 0 Å². The predicted molar refractivity (Wildman–Crippen MR) is 157 cm³/mol. The SMILES string of the molecule is COC=C(C(=O)Nc1cc(-c2ccc(-c3cccc4ncccc34)cc2)sc1C(=O)O)c1ccc(C)cc1C. The Morgan fingerprint density at radius 3 is 2.44 bits per heavy atom. The van der Waals surface area contributed by atoms with Gasteiger partial charge in [0.25, 0.3) is 5.91 Å². The number of nitrogens with one attached hydrogen (secondary N) is 1. The maximum absolute atomic E-state index is 13.3. The largest absolute Gasteiger partial charge is 0.504 e. The summed E-state index contributed by atoms with van der Waals surface area (Å²) in [5, 5.41) is 13.7. The van der Waals surface area contributed by atoms with Crippen LogP contribution < -0.4 is 5.32 Å². The minimum absolute atomic E-state index is 0.0555. The van der Waals surface area contributed by atoms with E-state index in [0.717, 1.165) is 54.9 Å². The highest BCUT2D eigenvalue weighted by Gasteiger charge is 2.22. The molecule has 0 aliphatic rings. The molecular formula is C32H26N2O4S. The molecule has 0 aliphatic heterocycles. The van der Waals surface area contributed by atoms with Crippen LogP contribution in [0.1, 0.15) is 26.4 Å². The summed E-state index contributed by atoms with van der Waals surface area (Å²) >= 11 is 1.12. The van der Waals surface area contributed by atoms with Crippen LogP contribution in [0.2, 0.25) is 0 Å². The van der Waals surface area contributed by atoms with E-state index in [9.17, 15) is 14.7 Å². The second-order valence-corrected chi connectivity index (χ2v) is 10.2. The number of hydrogen-bond donors (Lipinski definition) is 2. The van der Waals surface area contributed by atoms with Gasteiger partial charge in [0, 0.05) is 16.5 Å². The maximum Gasteiger partial charge on any atom is 0.348 e. The monoisotopic (exact) mass is 534 g/mol. The lowest BCUT2D eigenvalue weighted by Crippen LogP contribution is -2.16. The van der Waals surface area contributed by atoms with E-state index in [1.165, 1.54) is 13.4 Å². The van der Waals surface area contributed by atoms with Gasteiger partial charge in [0.15, 0.2) is 0 Å². The fourth-order valence-corrected chi connectivity index (χ4v) is 5.57. The van der Waals surface area contributed by atoms with Crippen molar-refractivity contribution in [1.29, 1.82) is 0 Å². The first kappa shape index (κ1) is 25.9. The van der Waals surface area contributed by atoms with Crippen LogP contribution in [0.25, 0.3) is 38.0 Å². The van der Waals surface area contributed by atoms with Gasteiger partial charge in [-0.25, -0.2) is 4.79 Å². The number of carbonyl (C=O) groups is 2. The molecular weight excluding hydrogens is 508 g/mol. The molecule has 0 saturated heterocycles. The Balaban J connectivity index is 1.45. The molecule has 0 spiro atoms. The fourth-order valence-electron chi connectivity index (χ4n) is 4.62. The van der Waals surface area contributed by atoms with Crippen molar-refractivity contribution < 1.29 is 19.4 Å². The highest BCUT2D eigenvalue weighted by molar-refractivity contribution is 7.18. The molecule has 5 aromatic rings. The predicted octanol–water partition coefficient (Wildman–Crippen LogP) is 7.57. The number of pyridine rings is 1. The molecule has 0 saturated carbocycles. The topological polar surface area (TPSA) is 88.5 Å². The number of thiophene rings is 1. The third-order valence-corrected chi connectivity index (χ3v) is 7.63. The number of carboxylic acid groups (broad SMARTS) is 1. The molecule has 0 fully saturated rings. The van der Waals surface area contributed by atoms with Crippen LogP contribution in [0.5, 0.6) is 0 Å². The summed E-state index contributed by atoms with van der Waals surface area (Å²) < 4.78 is 5.19. The molecule has 2 heterocycles. The van der Waals surface area contributed by atoms with E-state index in [1.807, 2.05) is 80.6 Å². The van der Waals surface area contributed by atoms with Gasteiger partial charge in [-0.2, -0.15) is 0 Å². The van der Waals surface area contributed by atoms with Crippen LogP contribution >= 0.6 is 11.3 Å². The van der Waals surface area contributed by atoms with Gasteiger partial charge in [0.2, 0.25) is 0 Å². The van der Waals surface area contributed by atoms with Crippen molar-refractivity contribution in [2.75, 3.05) is 12.4 Å². The summed E-state index contributed by atoms with van der Waals surface area (Å²) in [5.41, 5.74) is 7.14. The number of rotatable bonds is 7. The van der Waals surface area contributed by atoms with Gasteiger partial charge in [0.05, 0.1) is 30.1 Å². The maximum atomic E-state index is 13.3. The number of carboxylic acids is 1. The Morgan fingerprint density at radius 1 is 0.949 bits per heavy atom. The third kappa shape index (κ3) is 5.30. The number of ether oxygens (including phenoxy) is 1. The molecule has 194 valence electrons. The van der Waals surface area contributed by atoms with Crippen LogP contribution in [0.15, 0.2) is 91.3 Å². The first-order valence-electron chi connectivity index (χ1n) is 12.3. The zero-order valence-electron chi connectivity index (χ0n) is 21.7. The normalized spacial score (nSPS) is 11.4. The minimum Gasteiger partial charge on any atom is -0.504 e. The molecule has 0 unspecified atom stereocenters. The van der Waals surface area contributed by atoms with Gasteiger partial charge in [-0.1, -0.05) is 66.2 Å². The molecule has 0 radical (unpaired) electrons. The molecule has 3 aromatic carbocycles. The lowest BCUT2D eigenvalue weighted by atomic mass is 9.98. The molecule has 0 atom stereocenters. The van der Waals surface area contributed by atoms with Crippen LogP contribution in [0, 0.1) is 13.8 Å². The van der Waals surface area contributed by atoms with Crippen molar-refractivity contribution in [1.82, 2.24) is 4.98 Å². The number of amides is 1. The van der Waals surface area contributed by atoms with Gasteiger partial charge in [0.1, 0.15) is 4.88 Å². The minimum atomic E-state index is -1.11. The Kier molecular flexibility index (Phi) is 7.25. The summed E-state index contributed by atoms with van der Waals surface area (Å²) in [6, 6.07) is 25.4. The lowest BCUT2D eigenvalue weighted by Gasteiger charge is -2.12. The van der Waals surface area contributed by atoms with Crippen LogP contribution in [0.4, 0.5) is 5.69 Å². The molecule has 0 bridgehead atoms. The quantitative estimate of drug-likeness (QED) is 0.166. The fraction of sp³-hybridized carbons (Fsp3) is 0.0938. The third-order valence-electron chi connectivity index (χ3n) is 6.45. The van der Waals surface area contributed by atoms with Crippen molar-refractivity contribution in [2.45, 2.75) is 13.8 Å². The van der Waals surface area contributed by atoms with E-state index in [-0.39, 0.29) is 10.6 Å². The summed E-state index contributed by atoms with van der Waals surface area (Å²) in [7, 11) is 1.47. The van der Waals surface area contributed by atoms with Crippen molar-refractivity contribution >= 4 is 45.4 Å². The highest BCUT2D eigenvalue weighted by Crippen LogP contribution is 2.37. The highest BCUT2D eigenvalue weighted by atomic mass is 32.1. The van der Waals surface area contributed by atoms with E-state index < -0.39 is 11.9 Å². The van der Waals surface area contributed by atoms with E-state index in [4.69, 9.17) is 4.74 Å². The number of methoxy groups -OCH3 is 1. The van der Waals surface area contributed by atoms with Crippen molar-refractivity contribution in [3.05, 3.63) is 113 Å². The number of aromatic nitrogens is 1. The number of aromatic carboxylic acids is 1. The number of benzene rings is 3. The average Bonchev–Trinajstić information content (AvgIpc) is 3.36. The molecule has 2 aromatic heterocycles. The molecule has 7 heteroatoms. The molecule has 1 amide bonds. The second kappa shape index (κ2) is 10.9. The number of aryl methyl sites for hydroxylation is 2. The van der Waals surface area contributed by atoms with Crippen LogP contribution in [0.3, 0.4) is 0 Å². The second-order valence-electron chi connectivity index (χ2n) is 9.15. The molecule has 6 nitrogen and oxygen atoms in total. The summed E-state index contributed by atoms with van der Waals surface area (Å²) in [6.07, 6.45) is 3.15. The Hall–Kier alpha value is -4.75. The van der Waals surface area contributed by atoms with Crippen molar-refractivity contribution in [3.63, 3.8) is 0 Å². The number of nitrogens with zero attached hydrogens (tertiary/aromatic N) is 1. The molecule has 2 N–H and O–H groups in total. The number of anilines is 1. The summed E-state index contributed by atoms with van der Waals surface area (Å²) in [4.78, 5) is 30.6. The average molecular weight is 535 g/mol. The van der Waals surface area contributed by atoms with Gasteiger partial charge >= 0.3 is 5.97 Å². The van der Waals surface area contributed by atoms with E-state index in [0.29, 0.717) is 11.1 Å². The zero-order valence-corrected chi connectivity index (χ0v) is 22.5. The first-order valence-corrected chi connectivity index (χ1v) is 13.1. The molecule has 0 aliphatic carbocycles. The Morgan fingerprint density at radius 2 is 1.72 bits per heavy atom. The summed E-state index contributed by atoms with van der Waals surface area (Å²) in [5.74, 6) is -1.55. The number of hydrogen-bond acceptors (Lipinski definition) is 5. The summed E-state index contributed by atoms with van der Waals surface area (Å²) in [6.45, 7) is 3.90. The Labute approximate surface area is 230 Å². The number of fused-ring (bicyclic) bond motifs is 1. The van der Waals surface area contributed by atoms with Gasteiger partial charge in [-0.15, -0.1) is 11.3 Å². The van der Waals surface area contributed by atoms with Gasteiger partial charge in [-0.3, -0.25) is 9.78 Å². The first-order chi connectivity index (χ1) is 18.9. The van der Waals surface area contributed by atoms with E-state index >= 15 is 0 Å². The van der Waals surface area contributed by atoms with Gasteiger partial charge < -0.3 is 15.2 Å². The standard InChI is InChI=1S/C32H26N2O4S/c1-19-9-14-23(20(2)16-19)26(18-38-3)31(35)34-28-17-29(39-30(28)32(36)37)22-12-10-21(11-13-22)24-6-4-8-27-25(24)7-5-15-33-27/h4-18H,1-3H3,(H,34,35)(H,36,37). The zero-order chi connectivity index (χ0) is 27.5. The smallest absolute Gasteiger partial charge is 0.348 e. The van der Waals surface area contributed by atoms with Crippen LogP contribution in [-0.2, 0) is 9.53 Å². The Bertz CT molecular complexity index is 1730. The van der Waals surface area contributed by atoms with E-state index in [2.05, 4.69) is 16.4 Å². The lowest BCUT2D eigenvalue weighted by molar-refractivity contribution is -0.111. The van der Waals surface area contributed by atoms with Gasteiger partial charge in [-0.05, 0) is 59.9 Å².